The summed E-state index contributed by atoms with van der Waals surface area (Å²) in [5.41, 5.74) is 5.17. The lowest BCUT2D eigenvalue weighted by atomic mass is 9.68. The second kappa shape index (κ2) is 6.84. The van der Waals surface area contributed by atoms with Crippen LogP contribution in [0.15, 0.2) is 59.3 Å². The summed E-state index contributed by atoms with van der Waals surface area (Å²) in [5.74, 6) is 0.659. The van der Waals surface area contributed by atoms with Gasteiger partial charge in [-0.15, -0.1) is 0 Å². The molecule has 2 aliphatic carbocycles. The number of dihydropyridines is 1. The van der Waals surface area contributed by atoms with Crippen molar-refractivity contribution in [2.24, 2.45) is 5.41 Å². The van der Waals surface area contributed by atoms with Gasteiger partial charge in [-0.2, -0.15) is 0 Å². The summed E-state index contributed by atoms with van der Waals surface area (Å²) in [6.45, 7) is 4.21. The molecule has 0 bridgehead atoms. The average molecular weight is 415 g/mol. The van der Waals surface area contributed by atoms with Gasteiger partial charge < -0.3 is 14.8 Å². The fraction of sp³-hybridized carbons (Fsp3) is 0.308. The van der Waals surface area contributed by atoms with Crippen molar-refractivity contribution in [3.8, 4) is 11.5 Å². The third-order valence-electron chi connectivity index (χ3n) is 6.47. The number of carbonyl (C=O) groups excluding carboxylic acids is 2. The first-order valence-electron chi connectivity index (χ1n) is 10.5. The van der Waals surface area contributed by atoms with Crippen LogP contribution in [0.1, 0.15) is 54.1 Å². The van der Waals surface area contributed by atoms with E-state index in [1.54, 1.807) is 14.2 Å². The SMILES string of the molecule is COc1cccc([C@H]2C3=C(CC(C)(C)CC3=O)NC3=C2C(=O)c2ccccc23)c1OC. The first-order valence-corrected chi connectivity index (χ1v) is 10.5. The van der Waals surface area contributed by atoms with E-state index in [0.717, 1.165) is 28.9 Å². The third-order valence-corrected chi connectivity index (χ3v) is 6.47. The van der Waals surface area contributed by atoms with Crippen LogP contribution in [-0.2, 0) is 4.79 Å². The van der Waals surface area contributed by atoms with E-state index in [4.69, 9.17) is 9.47 Å². The first-order chi connectivity index (χ1) is 14.9. The Morgan fingerprint density at radius 3 is 2.35 bits per heavy atom. The number of nitrogens with one attached hydrogen (secondary N) is 1. The van der Waals surface area contributed by atoms with Gasteiger partial charge in [0.1, 0.15) is 0 Å². The number of fused-ring (bicyclic) bond motifs is 2. The zero-order valence-corrected chi connectivity index (χ0v) is 18.2. The number of hydrogen-bond acceptors (Lipinski definition) is 5. The van der Waals surface area contributed by atoms with Crippen LogP contribution >= 0.6 is 0 Å². The lowest BCUT2D eigenvalue weighted by molar-refractivity contribution is -0.118. The van der Waals surface area contributed by atoms with Crippen molar-refractivity contribution in [1.82, 2.24) is 5.32 Å². The Kier molecular flexibility index (Phi) is 4.33. The minimum absolute atomic E-state index is 0.0443. The van der Waals surface area contributed by atoms with Gasteiger partial charge in [0.05, 0.1) is 19.9 Å². The molecule has 3 aliphatic rings. The van der Waals surface area contributed by atoms with Crippen LogP contribution in [0.4, 0.5) is 0 Å². The number of para-hydroxylation sites is 1. The van der Waals surface area contributed by atoms with Crippen molar-refractivity contribution in [2.45, 2.75) is 32.6 Å². The van der Waals surface area contributed by atoms with Gasteiger partial charge in [0.15, 0.2) is 23.1 Å². The molecule has 158 valence electrons. The first kappa shape index (κ1) is 19.6. The standard InChI is InChI=1S/C26H25NO4/c1-26(2)12-17-21(18(28)13-26)20(16-10-7-11-19(30-3)25(16)31-4)22-23(27-17)14-8-5-6-9-15(14)24(22)29/h5-11,20,27H,12-13H2,1-4H3/t20-/m0/s1. The third kappa shape index (κ3) is 2.83. The molecule has 0 saturated carbocycles. The van der Waals surface area contributed by atoms with Crippen LogP contribution in [0.2, 0.25) is 0 Å². The summed E-state index contributed by atoms with van der Waals surface area (Å²) >= 11 is 0. The van der Waals surface area contributed by atoms with Crippen LogP contribution in [-0.4, -0.2) is 25.8 Å². The molecule has 31 heavy (non-hydrogen) atoms. The highest BCUT2D eigenvalue weighted by molar-refractivity contribution is 6.23. The molecule has 1 aliphatic heterocycles. The predicted molar refractivity (Wildman–Crippen MR) is 118 cm³/mol. The number of ketones is 2. The maximum atomic E-state index is 13.6. The van der Waals surface area contributed by atoms with Gasteiger partial charge in [-0.05, 0) is 17.9 Å². The van der Waals surface area contributed by atoms with Crippen molar-refractivity contribution >= 4 is 17.3 Å². The minimum atomic E-state index is -0.500. The van der Waals surface area contributed by atoms with Crippen molar-refractivity contribution in [3.05, 3.63) is 76.0 Å². The number of allylic oxidation sites excluding steroid dienone is 3. The van der Waals surface area contributed by atoms with Gasteiger partial charge in [0, 0.05) is 45.9 Å². The van der Waals surface area contributed by atoms with Crippen LogP contribution in [0, 0.1) is 5.41 Å². The van der Waals surface area contributed by atoms with Crippen LogP contribution < -0.4 is 14.8 Å². The molecule has 0 aromatic heterocycles. The Morgan fingerprint density at radius 1 is 0.903 bits per heavy atom. The van der Waals surface area contributed by atoms with E-state index >= 15 is 0 Å². The molecule has 1 N–H and O–H groups in total. The Bertz CT molecular complexity index is 1200. The molecule has 5 nitrogen and oxygen atoms in total. The number of ether oxygens (including phenoxy) is 2. The zero-order valence-electron chi connectivity index (χ0n) is 18.2. The molecule has 2 aromatic carbocycles. The van der Waals surface area contributed by atoms with Gasteiger partial charge in [0.2, 0.25) is 0 Å². The molecule has 2 aromatic rings. The van der Waals surface area contributed by atoms with Gasteiger partial charge in [0.25, 0.3) is 0 Å². The molecular formula is C26H25NO4. The Labute approximate surface area is 181 Å². The fourth-order valence-electron chi connectivity index (χ4n) is 5.24. The molecule has 0 amide bonds. The summed E-state index contributed by atoms with van der Waals surface area (Å²) in [7, 11) is 3.17. The van der Waals surface area contributed by atoms with E-state index in [-0.39, 0.29) is 17.0 Å². The highest BCUT2D eigenvalue weighted by Crippen LogP contribution is 2.53. The highest BCUT2D eigenvalue weighted by atomic mass is 16.5. The second-order valence-electron chi connectivity index (χ2n) is 9.14. The predicted octanol–water partition coefficient (Wildman–Crippen LogP) is 4.64. The molecule has 0 radical (unpaired) electrons. The monoisotopic (exact) mass is 415 g/mol. The Balaban J connectivity index is 1.79. The highest BCUT2D eigenvalue weighted by Gasteiger charge is 2.47. The maximum Gasteiger partial charge on any atom is 0.192 e. The largest absolute Gasteiger partial charge is 0.493 e. The Morgan fingerprint density at radius 2 is 1.65 bits per heavy atom. The van der Waals surface area contributed by atoms with Gasteiger partial charge in [-0.1, -0.05) is 50.2 Å². The van der Waals surface area contributed by atoms with Crippen LogP contribution in [0.25, 0.3) is 5.70 Å². The quantitative estimate of drug-likeness (QED) is 0.791. The van der Waals surface area contributed by atoms with Crippen molar-refractivity contribution in [2.75, 3.05) is 14.2 Å². The number of hydrogen-bond donors (Lipinski definition) is 1. The maximum absolute atomic E-state index is 13.6. The van der Waals surface area contributed by atoms with E-state index < -0.39 is 5.92 Å². The van der Waals surface area contributed by atoms with E-state index in [0.29, 0.717) is 34.6 Å². The average Bonchev–Trinajstić information content (AvgIpc) is 3.03. The van der Waals surface area contributed by atoms with Crippen LogP contribution in [0.5, 0.6) is 11.5 Å². The van der Waals surface area contributed by atoms with E-state index in [2.05, 4.69) is 19.2 Å². The summed E-state index contributed by atoms with van der Waals surface area (Å²) in [5, 5.41) is 3.50. The molecule has 0 spiro atoms. The van der Waals surface area contributed by atoms with Gasteiger partial charge in [-0.25, -0.2) is 0 Å². The molecule has 1 atom stereocenters. The lowest BCUT2D eigenvalue weighted by Crippen LogP contribution is -2.37. The summed E-state index contributed by atoms with van der Waals surface area (Å²) in [6.07, 6.45) is 1.18. The topological polar surface area (TPSA) is 64.6 Å². The smallest absolute Gasteiger partial charge is 0.192 e. The second-order valence-corrected chi connectivity index (χ2v) is 9.14. The normalized spacial score (nSPS) is 21.4. The van der Waals surface area contributed by atoms with Gasteiger partial charge >= 0.3 is 0 Å². The number of Topliss-reactive ketones (excluding diaryl/α,β-unsaturated/α-hetero) is 2. The molecular weight excluding hydrogens is 390 g/mol. The Hall–Kier alpha value is -3.34. The number of rotatable bonds is 3. The van der Waals surface area contributed by atoms with Crippen molar-refractivity contribution < 1.29 is 19.1 Å². The summed E-state index contributed by atoms with van der Waals surface area (Å²) < 4.78 is 11.2. The van der Waals surface area contributed by atoms with Gasteiger partial charge in [-0.3, -0.25) is 9.59 Å². The molecule has 0 fully saturated rings. The van der Waals surface area contributed by atoms with E-state index in [9.17, 15) is 9.59 Å². The summed E-state index contributed by atoms with van der Waals surface area (Å²) in [4.78, 5) is 27.0. The number of methoxy groups -OCH3 is 2. The van der Waals surface area contributed by atoms with Crippen molar-refractivity contribution in [3.63, 3.8) is 0 Å². The molecule has 1 heterocycles. The van der Waals surface area contributed by atoms with E-state index in [1.165, 1.54) is 0 Å². The molecule has 5 heteroatoms. The molecule has 5 rings (SSSR count). The molecule has 0 unspecified atom stereocenters. The molecule has 0 saturated heterocycles. The van der Waals surface area contributed by atoms with E-state index in [1.807, 2.05) is 42.5 Å². The minimum Gasteiger partial charge on any atom is -0.493 e. The van der Waals surface area contributed by atoms with Crippen molar-refractivity contribution in [1.29, 1.82) is 0 Å². The fourth-order valence-corrected chi connectivity index (χ4v) is 5.24. The number of benzene rings is 2. The van der Waals surface area contributed by atoms with Crippen LogP contribution in [0.3, 0.4) is 0 Å². The zero-order chi connectivity index (χ0) is 21.9. The lowest BCUT2D eigenvalue weighted by Gasteiger charge is -2.39. The number of carbonyl (C=O) groups is 2. The summed E-state index contributed by atoms with van der Waals surface area (Å²) in [6, 6.07) is 13.2.